The normalized spacial score (nSPS) is 34.6. The van der Waals surface area contributed by atoms with Crippen molar-refractivity contribution in [2.24, 2.45) is 11.8 Å². The lowest BCUT2D eigenvalue weighted by atomic mass is 9.72. The van der Waals surface area contributed by atoms with Crippen molar-refractivity contribution in [2.45, 2.75) is 64.0 Å². The summed E-state index contributed by atoms with van der Waals surface area (Å²) in [5, 5.41) is 2.83. The van der Waals surface area contributed by atoms with Crippen molar-refractivity contribution in [1.29, 1.82) is 0 Å². The average molecular weight is 264 g/mol. The molecule has 19 heavy (non-hydrogen) atoms. The minimum atomic E-state index is -0.374. The summed E-state index contributed by atoms with van der Waals surface area (Å²) in [5.74, 6) is 0.651. The number of likely N-dealkylation sites (tertiary alicyclic amines) is 1. The second kappa shape index (κ2) is 5.14. The Hall–Kier alpha value is -1.06. The van der Waals surface area contributed by atoms with Gasteiger partial charge in [0, 0.05) is 18.6 Å². The van der Waals surface area contributed by atoms with Gasteiger partial charge in [0.2, 0.25) is 0 Å². The number of rotatable bonds is 1. The minimum Gasteiger partial charge on any atom is -0.345 e. The maximum atomic E-state index is 12.3. The van der Waals surface area contributed by atoms with Gasteiger partial charge in [-0.2, -0.15) is 0 Å². The molecule has 3 fully saturated rings. The van der Waals surface area contributed by atoms with Crippen molar-refractivity contribution in [3.63, 3.8) is 0 Å². The Labute approximate surface area is 114 Å². The summed E-state index contributed by atoms with van der Waals surface area (Å²) in [6, 6.07) is 0.581. The van der Waals surface area contributed by atoms with Crippen LogP contribution in [0.4, 0.5) is 0 Å². The van der Waals surface area contributed by atoms with Gasteiger partial charge in [-0.05, 0) is 43.9 Å². The van der Waals surface area contributed by atoms with Crippen molar-refractivity contribution in [1.82, 2.24) is 10.2 Å². The molecule has 0 bridgehead atoms. The first kappa shape index (κ1) is 12.9. The van der Waals surface area contributed by atoms with Crippen LogP contribution in [0.5, 0.6) is 0 Å². The highest BCUT2D eigenvalue weighted by atomic mass is 16.2. The first-order chi connectivity index (χ1) is 9.16. The van der Waals surface area contributed by atoms with E-state index in [1.54, 1.807) is 0 Å². The Morgan fingerprint density at radius 3 is 2.53 bits per heavy atom. The van der Waals surface area contributed by atoms with Crippen LogP contribution in [0, 0.1) is 11.8 Å². The second-order valence-electron chi connectivity index (χ2n) is 6.53. The quantitative estimate of drug-likeness (QED) is 0.733. The van der Waals surface area contributed by atoms with E-state index < -0.39 is 0 Å². The van der Waals surface area contributed by atoms with Gasteiger partial charge in [-0.25, -0.2) is 0 Å². The molecule has 0 aromatic heterocycles. The maximum Gasteiger partial charge on any atom is 0.312 e. The first-order valence-corrected chi connectivity index (χ1v) is 7.78. The summed E-state index contributed by atoms with van der Waals surface area (Å²) >= 11 is 0. The third kappa shape index (κ3) is 2.63. The summed E-state index contributed by atoms with van der Waals surface area (Å²) in [6.07, 6.45) is 7.88. The Morgan fingerprint density at radius 1 is 1.05 bits per heavy atom. The van der Waals surface area contributed by atoms with Crippen LogP contribution in [0.3, 0.4) is 0 Å². The third-order valence-corrected chi connectivity index (χ3v) is 5.11. The standard InChI is InChI=1S/C15H24N2O2/c1-10-8-9-17(13-5-3-2-4-12(10)13)15(19)14(18)16-11-6-7-11/h10-13H,2-9H2,1H3,(H,16,18). The monoisotopic (exact) mass is 264 g/mol. The van der Waals surface area contributed by atoms with Crippen LogP contribution in [0.2, 0.25) is 0 Å². The Morgan fingerprint density at radius 2 is 1.79 bits per heavy atom. The molecule has 0 aromatic carbocycles. The molecule has 4 heteroatoms. The molecule has 1 aliphatic heterocycles. The SMILES string of the molecule is CC1CCN(C(=O)C(=O)NC2CC2)C2CCCCC12. The molecule has 4 nitrogen and oxygen atoms in total. The zero-order valence-corrected chi connectivity index (χ0v) is 11.7. The molecule has 0 radical (unpaired) electrons. The van der Waals surface area contributed by atoms with Crippen molar-refractivity contribution in [2.75, 3.05) is 6.54 Å². The predicted octanol–water partition coefficient (Wildman–Crippen LogP) is 1.69. The van der Waals surface area contributed by atoms with E-state index in [9.17, 15) is 9.59 Å². The Kier molecular flexibility index (Phi) is 3.50. The summed E-state index contributed by atoms with van der Waals surface area (Å²) in [4.78, 5) is 26.2. The largest absolute Gasteiger partial charge is 0.345 e. The average Bonchev–Trinajstić information content (AvgIpc) is 3.23. The highest BCUT2D eigenvalue weighted by Gasteiger charge is 2.41. The molecular weight excluding hydrogens is 240 g/mol. The number of nitrogens with zero attached hydrogens (tertiary/aromatic N) is 1. The van der Waals surface area contributed by atoms with Crippen LogP contribution in [-0.4, -0.2) is 35.3 Å². The van der Waals surface area contributed by atoms with Gasteiger partial charge in [0.25, 0.3) is 0 Å². The van der Waals surface area contributed by atoms with Crippen molar-refractivity contribution >= 4 is 11.8 Å². The molecule has 3 atom stereocenters. The molecule has 1 saturated heterocycles. The van der Waals surface area contributed by atoms with E-state index in [0.717, 1.165) is 32.2 Å². The molecule has 2 amide bonds. The van der Waals surface area contributed by atoms with Gasteiger partial charge in [0.15, 0.2) is 0 Å². The zero-order chi connectivity index (χ0) is 13.4. The molecule has 0 spiro atoms. The molecule has 0 aromatic rings. The van der Waals surface area contributed by atoms with Crippen molar-refractivity contribution in [3.05, 3.63) is 0 Å². The first-order valence-electron chi connectivity index (χ1n) is 7.78. The van der Waals surface area contributed by atoms with Crippen LogP contribution < -0.4 is 5.32 Å². The van der Waals surface area contributed by atoms with Gasteiger partial charge >= 0.3 is 11.8 Å². The highest BCUT2D eigenvalue weighted by Crippen LogP contribution is 2.38. The van der Waals surface area contributed by atoms with Gasteiger partial charge in [0.1, 0.15) is 0 Å². The van der Waals surface area contributed by atoms with Gasteiger partial charge < -0.3 is 10.2 Å². The number of carbonyl (C=O) groups excluding carboxylic acids is 2. The smallest absolute Gasteiger partial charge is 0.312 e. The molecular formula is C15H24N2O2. The zero-order valence-electron chi connectivity index (χ0n) is 11.7. The predicted molar refractivity (Wildman–Crippen MR) is 72.4 cm³/mol. The van der Waals surface area contributed by atoms with Gasteiger partial charge in [0.05, 0.1) is 0 Å². The van der Waals surface area contributed by atoms with Gasteiger partial charge in [-0.3, -0.25) is 9.59 Å². The number of piperidine rings is 1. The van der Waals surface area contributed by atoms with Gasteiger partial charge in [-0.15, -0.1) is 0 Å². The molecule has 3 rings (SSSR count). The van der Waals surface area contributed by atoms with E-state index in [4.69, 9.17) is 0 Å². The van der Waals surface area contributed by atoms with E-state index in [0.29, 0.717) is 17.9 Å². The van der Waals surface area contributed by atoms with Crippen molar-refractivity contribution < 1.29 is 9.59 Å². The lowest BCUT2D eigenvalue weighted by molar-refractivity contribution is -0.151. The lowest BCUT2D eigenvalue weighted by Crippen LogP contribution is -2.56. The van der Waals surface area contributed by atoms with E-state index in [-0.39, 0.29) is 17.9 Å². The number of nitrogens with one attached hydrogen (secondary N) is 1. The topological polar surface area (TPSA) is 49.4 Å². The summed E-state index contributed by atoms with van der Waals surface area (Å²) in [7, 11) is 0. The fourth-order valence-electron chi connectivity index (χ4n) is 3.77. The summed E-state index contributed by atoms with van der Waals surface area (Å²) < 4.78 is 0. The molecule has 2 saturated carbocycles. The minimum absolute atomic E-state index is 0.266. The number of hydrogen-bond donors (Lipinski definition) is 1. The summed E-state index contributed by atoms with van der Waals surface area (Å²) in [5.41, 5.74) is 0. The van der Waals surface area contributed by atoms with E-state index in [1.807, 2.05) is 4.90 Å². The molecule has 106 valence electrons. The maximum absolute atomic E-state index is 12.3. The Bertz CT molecular complexity index is 378. The van der Waals surface area contributed by atoms with E-state index in [1.165, 1.54) is 19.3 Å². The fraction of sp³-hybridized carbons (Fsp3) is 0.867. The molecule has 2 aliphatic carbocycles. The number of amides is 2. The van der Waals surface area contributed by atoms with Crippen LogP contribution in [-0.2, 0) is 9.59 Å². The van der Waals surface area contributed by atoms with Crippen LogP contribution in [0.1, 0.15) is 51.9 Å². The van der Waals surface area contributed by atoms with E-state index >= 15 is 0 Å². The second-order valence-corrected chi connectivity index (χ2v) is 6.53. The summed E-state index contributed by atoms with van der Waals surface area (Å²) in [6.45, 7) is 3.06. The number of fused-ring (bicyclic) bond motifs is 1. The molecule has 1 heterocycles. The van der Waals surface area contributed by atoms with Crippen LogP contribution in [0.15, 0.2) is 0 Å². The molecule has 1 N–H and O–H groups in total. The lowest BCUT2D eigenvalue weighted by Gasteiger charge is -2.47. The molecule has 3 aliphatic rings. The third-order valence-electron chi connectivity index (χ3n) is 5.11. The number of hydrogen-bond acceptors (Lipinski definition) is 2. The van der Waals surface area contributed by atoms with Crippen LogP contribution >= 0.6 is 0 Å². The van der Waals surface area contributed by atoms with Gasteiger partial charge in [-0.1, -0.05) is 19.8 Å². The highest BCUT2D eigenvalue weighted by molar-refractivity contribution is 6.35. The number of carbonyl (C=O) groups is 2. The van der Waals surface area contributed by atoms with E-state index in [2.05, 4.69) is 12.2 Å². The molecule has 3 unspecified atom stereocenters. The van der Waals surface area contributed by atoms with Crippen molar-refractivity contribution in [3.8, 4) is 0 Å². The van der Waals surface area contributed by atoms with Crippen LogP contribution in [0.25, 0.3) is 0 Å². The Balaban J connectivity index is 1.68. The fourth-order valence-corrected chi connectivity index (χ4v) is 3.77.